The minimum absolute atomic E-state index is 0.179. The van der Waals surface area contributed by atoms with Crippen LogP contribution in [-0.2, 0) is 9.53 Å². The lowest BCUT2D eigenvalue weighted by molar-refractivity contribution is -0.125. The number of rotatable bonds is 5. The molecule has 0 radical (unpaired) electrons. The fraction of sp³-hybridized carbons (Fsp3) is 0.529. The van der Waals surface area contributed by atoms with Crippen LogP contribution in [0.15, 0.2) is 23.1 Å². The SMILES string of the molecule is CSc1ccc(Cl)c(C(=O)OCC(=O)N[C@@H]2CCCC[C@@H]2C)c1. The van der Waals surface area contributed by atoms with Gasteiger partial charge in [0.1, 0.15) is 0 Å². The smallest absolute Gasteiger partial charge is 0.340 e. The summed E-state index contributed by atoms with van der Waals surface area (Å²) in [5, 5.41) is 3.29. The van der Waals surface area contributed by atoms with Crippen LogP contribution in [-0.4, -0.2) is 30.8 Å². The first-order valence-corrected chi connectivity index (χ1v) is 9.41. The van der Waals surface area contributed by atoms with Gasteiger partial charge in [-0.1, -0.05) is 31.4 Å². The number of hydrogen-bond donors (Lipinski definition) is 1. The Labute approximate surface area is 146 Å². The molecule has 1 aromatic carbocycles. The van der Waals surface area contributed by atoms with Gasteiger partial charge in [0, 0.05) is 10.9 Å². The number of ether oxygens (including phenoxy) is 1. The van der Waals surface area contributed by atoms with Crippen LogP contribution in [0.25, 0.3) is 0 Å². The largest absolute Gasteiger partial charge is 0.452 e. The normalized spacial score (nSPS) is 20.8. The fourth-order valence-corrected chi connectivity index (χ4v) is 3.41. The predicted octanol–water partition coefficient (Wildman–Crippen LogP) is 3.91. The van der Waals surface area contributed by atoms with Crippen LogP contribution in [0.1, 0.15) is 43.0 Å². The molecule has 0 aromatic heterocycles. The summed E-state index contributed by atoms with van der Waals surface area (Å²) in [7, 11) is 0. The first-order chi connectivity index (χ1) is 11.0. The Balaban J connectivity index is 1.87. The molecule has 1 aliphatic carbocycles. The molecule has 0 aliphatic heterocycles. The Morgan fingerprint density at radius 1 is 1.35 bits per heavy atom. The van der Waals surface area contributed by atoms with Crippen LogP contribution in [0.2, 0.25) is 5.02 Å². The van der Waals surface area contributed by atoms with E-state index in [9.17, 15) is 9.59 Å². The highest BCUT2D eigenvalue weighted by molar-refractivity contribution is 7.98. The van der Waals surface area contributed by atoms with Crippen molar-refractivity contribution in [2.45, 2.75) is 43.5 Å². The molecule has 0 unspecified atom stereocenters. The molecule has 0 bridgehead atoms. The quantitative estimate of drug-likeness (QED) is 0.642. The van der Waals surface area contributed by atoms with Crippen molar-refractivity contribution in [3.05, 3.63) is 28.8 Å². The number of hydrogen-bond acceptors (Lipinski definition) is 4. The lowest BCUT2D eigenvalue weighted by Crippen LogP contribution is -2.42. The molecule has 1 saturated carbocycles. The molecule has 1 amide bonds. The van der Waals surface area contributed by atoms with Crippen molar-refractivity contribution < 1.29 is 14.3 Å². The van der Waals surface area contributed by atoms with Gasteiger partial charge in [-0.05, 0) is 43.2 Å². The molecule has 6 heteroatoms. The molecular formula is C17H22ClNO3S. The average molecular weight is 356 g/mol. The highest BCUT2D eigenvalue weighted by Gasteiger charge is 2.23. The maximum atomic E-state index is 12.1. The summed E-state index contributed by atoms with van der Waals surface area (Å²) in [5.74, 6) is -0.358. The van der Waals surface area contributed by atoms with Crippen LogP contribution in [0.4, 0.5) is 0 Å². The number of thioether (sulfide) groups is 1. The zero-order valence-electron chi connectivity index (χ0n) is 13.4. The first kappa shape index (κ1) is 18.1. The summed E-state index contributed by atoms with van der Waals surface area (Å²) in [6, 6.07) is 5.35. The van der Waals surface area contributed by atoms with E-state index < -0.39 is 5.97 Å². The molecular weight excluding hydrogens is 334 g/mol. The minimum atomic E-state index is -0.572. The minimum Gasteiger partial charge on any atom is -0.452 e. The molecule has 0 saturated heterocycles. The van der Waals surface area contributed by atoms with Gasteiger partial charge in [-0.2, -0.15) is 0 Å². The zero-order chi connectivity index (χ0) is 16.8. The second-order valence-electron chi connectivity index (χ2n) is 5.86. The number of carbonyl (C=O) groups is 2. The summed E-state index contributed by atoms with van der Waals surface area (Å²) in [4.78, 5) is 25.0. The third-order valence-corrected chi connectivity index (χ3v) is 5.24. The van der Waals surface area contributed by atoms with E-state index in [0.717, 1.165) is 24.2 Å². The number of amides is 1. The summed E-state index contributed by atoms with van der Waals surface area (Å²) < 4.78 is 5.10. The zero-order valence-corrected chi connectivity index (χ0v) is 15.0. The molecule has 0 spiro atoms. The van der Waals surface area contributed by atoms with E-state index in [1.165, 1.54) is 18.2 Å². The van der Waals surface area contributed by atoms with Gasteiger partial charge in [0.25, 0.3) is 5.91 Å². The van der Waals surface area contributed by atoms with Gasteiger partial charge >= 0.3 is 5.97 Å². The van der Waals surface area contributed by atoms with Gasteiger partial charge in [0.15, 0.2) is 6.61 Å². The van der Waals surface area contributed by atoms with Gasteiger partial charge < -0.3 is 10.1 Å². The van der Waals surface area contributed by atoms with Crippen molar-refractivity contribution in [1.29, 1.82) is 0 Å². The molecule has 126 valence electrons. The average Bonchev–Trinajstić information content (AvgIpc) is 2.55. The molecule has 0 heterocycles. The van der Waals surface area contributed by atoms with Gasteiger partial charge in [-0.3, -0.25) is 4.79 Å². The molecule has 4 nitrogen and oxygen atoms in total. The third kappa shape index (κ3) is 5.15. The number of halogens is 1. The molecule has 1 aromatic rings. The van der Waals surface area contributed by atoms with Gasteiger partial charge in [0.2, 0.25) is 0 Å². The number of carbonyl (C=O) groups excluding carboxylic acids is 2. The van der Waals surface area contributed by atoms with E-state index in [1.807, 2.05) is 12.3 Å². The lowest BCUT2D eigenvalue weighted by Gasteiger charge is -2.29. The van der Waals surface area contributed by atoms with E-state index in [1.54, 1.807) is 12.1 Å². The molecule has 1 aliphatic rings. The van der Waals surface area contributed by atoms with Gasteiger partial charge in [0.05, 0.1) is 10.6 Å². The van der Waals surface area contributed by atoms with E-state index in [0.29, 0.717) is 10.9 Å². The van der Waals surface area contributed by atoms with Crippen molar-refractivity contribution in [1.82, 2.24) is 5.32 Å². The van der Waals surface area contributed by atoms with E-state index in [-0.39, 0.29) is 24.1 Å². The Bertz CT molecular complexity index is 579. The van der Waals surface area contributed by atoms with Crippen molar-refractivity contribution in [3.63, 3.8) is 0 Å². The van der Waals surface area contributed by atoms with Crippen molar-refractivity contribution in [3.8, 4) is 0 Å². The Kier molecular flexibility index (Phi) is 6.78. The highest BCUT2D eigenvalue weighted by Crippen LogP contribution is 2.24. The summed E-state index contributed by atoms with van der Waals surface area (Å²) in [5.41, 5.74) is 0.289. The second-order valence-corrected chi connectivity index (χ2v) is 7.14. The lowest BCUT2D eigenvalue weighted by atomic mass is 9.86. The van der Waals surface area contributed by atoms with Crippen molar-refractivity contribution in [2.75, 3.05) is 12.9 Å². The van der Waals surface area contributed by atoms with Crippen LogP contribution in [0.5, 0.6) is 0 Å². The summed E-state index contributed by atoms with van der Waals surface area (Å²) in [6.07, 6.45) is 6.38. The molecule has 23 heavy (non-hydrogen) atoms. The maximum absolute atomic E-state index is 12.1. The number of nitrogens with one attached hydrogen (secondary N) is 1. The van der Waals surface area contributed by atoms with Crippen LogP contribution in [0.3, 0.4) is 0 Å². The number of esters is 1. The second kappa shape index (κ2) is 8.60. The summed E-state index contributed by atoms with van der Waals surface area (Å²) in [6.45, 7) is 1.87. The molecule has 1 fully saturated rings. The van der Waals surface area contributed by atoms with Crippen LogP contribution < -0.4 is 5.32 Å². The molecule has 2 rings (SSSR count). The van der Waals surface area contributed by atoms with Gasteiger partial charge in [-0.25, -0.2) is 4.79 Å². The Morgan fingerprint density at radius 2 is 2.09 bits per heavy atom. The van der Waals surface area contributed by atoms with Crippen molar-refractivity contribution in [2.24, 2.45) is 5.92 Å². The van der Waals surface area contributed by atoms with Crippen LogP contribution >= 0.6 is 23.4 Å². The fourth-order valence-electron chi connectivity index (χ4n) is 2.78. The Morgan fingerprint density at radius 3 is 2.78 bits per heavy atom. The first-order valence-electron chi connectivity index (χ1n) is 7.81. The van der Waals surface area contributed by atoms with Crippen molar-refractivity contribution >= 4 is 35.2 Å². The van der Waals surface area contributed by atoms with Gasteiger partial charge in [-0.15, -0.1) is 11.8 Å². The molecule has 1 N–H and O–H groups in total. The predicted molar refractivity (Wildman–Crippen MR) is 93.1 cm³/mol. The van der Waals surface area contributed by atoms with E-state index in [2.05, 4.69) is 12.2 Å². The highest BCUT2D eigenvalue weighted by atomic mass is 35.5. The topological polar surface area (TPSA) is 55.4 Å². The van der Waals surface area contributed by atoms with Crippen LogP contribution in [0, 0.1) is 5.92 Å². The van der Waals surface area contributed by atoms with E-state index in [4.69, 9.17) is 16.3 Å². The monoisotopic (exact) mass is 355 g/mol. The number of benzene rings is 1. The van der Waals surface area contributed by atoms with E-state index >= 15 is 0 Å². The molecule has 2 atom stereocenters. The maximum Gasteiger partial charge on any atom is 0.340 e. The third-order valence-electron chi connectivity index (χ3n) is 4.19. The Hall–Kier alpha value is -1.20. The summed E-state index contributed by atoms with van der Waals surface area (Å²) >= 11 is 7.54. The standard InChI is InChI=1S/C17H22ClNO3S/c1-11-5-3-4-6-15(11)19-16(20)10-22-17(21)13-9-12(23-2)7-8-14(13)18/h7-9,11,15H,3-6,10H2,1-2H3,(H,19,20)/t11-,15+/m0/s1.